The zero-order chi connectivity index (χ0) is 14.1. The molecule has 0 heterocycles. The van der Waals surface area contributed by atoms with Gasteiger partial charge in [0, 0.05) is 11.2 Å². The molecule has 2 N–H and O–H groups in total. The summed E-state index contributed by atoms with van der Waals surface area (Å²) in [4.78, 5) is 11.9. The molecule has 1 aromatic rings. The van der Waals surface area contributed by atoms with Gasteiger partial charge in [0.05, 0.1) is 5.56 Å². The lowest BCUT2D eigenvalue weighted by atomic mass is 9.90. The van der Waals surface area contributed by atoms with Crippen LogP contribution in [-0.2, 0) is 0 Å². The molecule has 5 heteroatoms. The Bertz CT molecular complexity index is 559. The van der Waals surface area contributed by atoms with E-state index in [2.05, 4.69) is 10.5 Å². The molecule has 0 spiro atoms. The van der Waals surface area contributed by atoms with Gasteiger partial charge in [0.15, 0.2) is 0 Å². The SMILES string of the molecule is O=C(N/N=C\[C@H]1C[C@H]2CC[C@H]1C2)c1cc(Cl)ccc1O. The maximum absolute atomic E-state index is 11.9. The van der Waals surface area contributed by atoms with E-state index < -0.39 is 5.91 Å². The molecule has 3 rings (SSSR count). The number of carbonyl (C=O) groups is 1. The number of nitrogens with zero attached hydrogens (tertiary/aromatic N) is 1. The maximum Gasteiger partial charge on any atom is 0.275 e. The second-order valence-corrected chi connectivity index (χ2v) is 6.16. The minimum absolute atomic E-state index is 0.0953. The van der Waals surface area contributed by atoms with Gasteiger partial charge >= 0.3 is 0 Å². The lowest BCUT2D eigenvalue weighted by Gasteiger charge is -2.16. The maximum atomic E-state index is 11.9. The van der Waals surface area contributed by atoms with Crippen LogP contribution < -0.4 is 5.43 Å². The van der Waals surface area contributed by atoms with Crippen molar-refractivity contribution < 1.29 is 9.90 Å². The average molecular weight is 293 g/mol. The standard InChI is InChI=1S/C15H17ClN2O2/c16-12-3-4-14(19)13(7-12)15(20)18-17-8-11-6-9-1-2-10(11)5-9/h3-4,7-11,19H,1-2,5-6H2,(H,18,20)/b17-8-/t9-,10-,11+/m0/s1. The Morgan fingerprint density at radius 3 is 2.95 bits per heavy atom. The number of phenols is 1. The summed E-state index contributed by atoms with van der Waals surface area (Å²) >= 11 is 5.81. The van der Waals surface area contributed by atoms with Crippen LogP contribution in [0.2, 0.25) is 5.02 Å². The summed E-state index contributed by atoms with van der Waals surface area (Å²) in [5, 5.41) is 14.1. The number of halogens is 1. The Kier molecular flexibility index (Phi) is 3.66. The number of phenolic OH excluding ortho intramolecular Hbond substituents is 1. The fourth-order valence-corrected chi connectivity index (χ4v) is 3.59. The van der Waals surface area contributed by atoms with E-state index in [1.165, 1.54) is 43.9 Å². The third-order valence-electron chi connectivity index (χ3n) is 4.43. The molecule has 2 aliphatic carbocycles. The normalized spacial score (nSPS) is 28.1. The molecule has 2 aliphatic rings. The van der Waals surface area contributed by atoms with Crippen LogP contribution in [0.4, 0.5) is 0 Å². The van der Waals surface area contributed by atoms with Crippen LogP contribution in [0.5, 0.6) is 5.75 Å². The van der Waals surface area contributed by atoms with Crippen molar-refractivity contribution in [3.63, 3.8) is 0 Å². The smallest absolute Gasteiger partial charge is 0.275 e. The van der Waals surface area contributed by atoms with Crippen LogP contribution in [0.15, 0.2) is 23.3 Å². The van der Waals surface area contributed by atoms with Crippen molar-refractivity contribution in [3.8, 4) is 5.75 Å². The van der Waals surface area contributed by atoms with Crippen molar-refractivity contribution in [1.29, 1.82) is 0 Å². The number of rotatable bonds is 3. The van der Waals surface area contributed by atoms with E-state index in [9.17, 15) is 9.90 Å². The zero-order valence-electron chi connectivity index (χ0n) is 11.1. The molecule has 2 bridgehead atoms. The third kappa shape index (κ3) is 2.66. The second kappa shape index (κ2) is 5.44. The van der Waals surface area contributed by atoms with Crippen LogP contribution in [0, 0.1) is 17.8 Å². The largest absolute Gasteiger partial charge is 0.507 e. The number of nitrogens with one attached hydrogen (secondary N) is 1. The van der Waals surface area contributed by atoms with Crippen molar-refractivity contribution in [3.05, 3.63) is 28.8 Å². The minimum Gasteiger partial charge on any atom is -0.507 e. The third-order valence-corrected chi connectivity index (χ3v) is 4.66. The summed E-state index contributed by atoms with van der Waals surface area (Å²) in [5.41, 5.74) is 2.61. The first-order chi connectivity index (χ1) is 9.63. The van der Waals surface area contributed by atoms with Gasteiger partial charge in [0.2, 0.25) is 0 Å². The van der Waals surface area contributed by atoms with Crippen molar-refractivity contribution in [2.24, 2.45) is 22.9 Å². The van der Waals surface area contributed by atoms with Gasteiger partial charge in [-0.1, -0.05) is 18.0 Å². The van der Waals surface area contributed by atoms with E-state index >= 15 is 0 Å². The first kappa shape index (κ1) is 13.4. The highest BCUT2D eigenvalue weighted by Crippen LogP contribution is 2.47. The van der Waals surface area contributed by atoms with Gasteiger partial charge in [0.25, 0.3) is 5.91 Å². The van der Waals surface area contributed by atoms with E-state index in [-0.39, 0.29) is 11.3 Å². The predicted octanol–water partition coefficient (Wildman–Crippen LogP) is 3.20. The Hall–Kier alpha value is -1.55. The number of amides is 1. The molecule has 0 saturated heterocycles. The zero-order valence-corrected chi connectivity index (χ0v) is 11.8. The number of hydrogen-bond donors (Lipinski definition) is 2. The lowest BCUT2D eigenvalue weighted by molar-refractivity contribution is 0.0952. The van der Waals surface area contributed by atoms with Crippen LogP contribution in [0.1, 0.15) is 36.0 Å². The summed E-state index contributed by atoms with van der Waals surface area (Å²) in [7, 11) is 0. The van der Waals surface area contributed by atoms with Gasteiger partial charge in [-0.15, -0.1) is 0 Å². The lowest BCUT2D eigenvalue weighted by Crippen LogP contribution is -2.20. The van der Waals surface area contributed by atoms with Crippen LogP contribution in [0.25, 0.3) is 0 Å². The molecule has 0 aromatic heterocycles. The monoisotopic (exact) mass is 292 g/mol. The number of benzene rings is 1. The molecular formula is C15H17ClN2O2. The number of hydrazone groups is 1. The first-order valence-corrected chi connectivity index (χ1v) is 7.33. The number of carbonyl (C=O) groups excluding carboxylic acids is 1. The fourth-order valence-electron chi connectivity index (χ4n) is 3.42. The fraction of sp³-hybridized carbons (Fsp3) is 0.467. The quantitative estimate of drug-likeness (QED) is 0.664. The molecule has 106 valence electrons. The summed E-state index contributed by atoms with van der Waals surface area (Å²) in [6, 6.07) is 4.36. The second-order valence-electron chi connectivity index (χ2n) is 5.72. The Morgan fingerprint density at radius 2 is 2.25 bits per heavy atom. The van der Waals surface area contributed by atoms with Gasteiger partial charge in [-0.2, -0.15) is 5.10 Å². The van der Waals surface area contributed by atoms with Gasteiger partial charge in [-0.05, 0) is 55.2 Å². The Labute approximate surface area is 122 Å². The summed E-state index contributed by atoms with van der Waals surface area (Å²) in [5.74, 6) is 1.54. The Morgan fingerprint density at radius 1 is 1.40 bits per heavy atom. The van der Waals surface area contributed by atoms with E-state index in [0.717, 1.165) is 11.8 Å². The van der Waals surface area contributed by atoms with Crippen molar-refractivity contribution in [2.45, 2.75) is 25.7 Å². The predicted molar refractivity (Wildman–Crippen MR) is 78.0 cm³/mol. The summed E-state index contributed by atoms with van der Waals surface area (Å²) < 4.78 is 0. The molecule has 2 saturated carbocycles. The molecule has 0 aliphatic heterocycles. The average Bonchev–Trinajstić information content (AvgIpc) is 3.04. The van der Waals surface area contributed by atoms with Gasteiger partial charge in [-0.25, -0.2) is 5.43 Å². The highest BCUT2D eigenvalue weighted by molar-refractivity contribution is 6.31. The first-order valence-electron chi connectivity index (χ1n) is 6.95. The molecule has 1 amide bonds. The molecule has 2 fully saturated rings. The van der Waals surface area contributed by atoms with E-state index in [1.54, 1.807) is 0 Å². The van der Waals surface area contributed by atoms with E-state index in [0.29, 0.717) is 10.9 Å². The van der Waals surface area contributed by atoms with E-state index in [1.807, 2.05) is 6.21 Å². The number of fused-ring (bicyclic) bond motifs is 2. The Balaban J connectivity index is 1.60. The van der Waals surface area contributed by atoms with Crippen LogP contribution in [-0.4, -0.2) is 17.2 Å². The highest BCUT2D eigenvalue weighted by atomic mass is 35.5. The van der Waals surface area contributed by atoms with Crippen molar-refractivity contribution in [1.82, 2.24) is 5.43 Å². The number of hydrogen-bond acceptors (Lipinski definition) is 3. The number of aromatic hydroxyl groups is 1. The molecule has 3 atom stereocenters. The summed E-state index contributed by atoms with van der Waals surface area (Å²) in [6.45, 7) is 0. The molecule has 1 aromatic carbocycles. The molecule has 4 nitrogen and oxygen atoms in total. The van der Waals surface area contributed by atoms with Crippen LogP contribution in [0.3, 0.4) is 0 Å². The minimum atomic E-state index is -0.440. The van der Waals surface area contributed by atoms with Gasteiger partial charge in [0.1, 0.15) is 5.75 Å². The summed E-state index contributed by atoms with van der Waals surface area (Å²) in [6.07, 6.45) is 6.97. The molecule has 20 heavy (non-hydrogen) atoms. The van der Waals surface area contributed by atoms with Crippen LogP contribution >= 0.6 is 11.6 Å². The van der Waals surface area contributed by atoms with Crippen molar-refractivity contribution in [2.75, 3.05) is 0 Å². The van der Waals surface area contributed by atoms with E-state index in [4.69, 9.17) is 11.6 Å². The molecular weight excluding hydrogens is 276 g/mol. The van der Waals surface area contributed by atoms with Crippen molar-refractivity contribution >= 4 is 23.7 Å². The topological polar surface area (TPSA) is 61.7 Å². The highest BCUT2D eigenvalue weighted by Gasteiger charge is 2.38. The van der Waals surface area contributed by atoms with Gasteiger partial charge < -0.3 is 5.11 Å². The molecule has 0 radical (unpaired) electrons. The molecule has 0 unspecified atom stereocenters. The van der Waals surface area contributed by atoms with Gasteiger partial charge in [-0.3, -0.25) is 4.79 Å².